The molecule has 5 nitrogen and oxygen atoms in total. The van der Waals surface area contributed by atoms with Crippen molar-refractivity contribution in [1.82, 2.24) is 4.90 Å². The zero-order valence-corrected chi connectivity index (χ0v) is 13.1. The zero-order valence-electron chi connectivity index (χ0n) is 11.5. The van der Waals surface area contributed by atoms with Gasteiger partial charge in [-0.25, -0.2) is 8.42 Å². The minimum Gasteiger partial charge on any atom is -0.337 e. The van der Waals surface area contributed by atoms with Gasteiger partial charge in [0, 0.05) is 31.0 Å². The molecule has 1 atom stereocenters. The molecule has 112 valence electrons. The van der Waals surface area contributed by atoms with Gasteiger partial charge in [-0.3, -0.25) is 4.79 Å². The molecule has 1 saturated heterocycles. The Balaban J connectivity index is 0.00000200. The topological polar surface area (TPSA) is 80.5 Å². The molecule has 0 aliphatic carbocycles. The second-order valence-electron chi connectivity index (χ2n) is 5.05. The predicted octanol–water partition coefficient (Wildman–Crippen LogP) is 0.994. The van der Waals surface area contributed by atoms with Gasteiger partial charge in [-0.1, -0.05) is 6.07 Å². The Morgan fingerprint density at radius 1 is 1.40 bits per heavy atom. The maximum absolute atomic E-state index is 12.4. The standard InChI is InChI=1S/C13H18N2O3S.ClH/c1-9-3-4-11(19(2,17)18)7-12(9)13(16)15-6-5-10(14)8-15;/h3-4,7,10H,5-6,8,14H2,1-2H3;1H. The molecule has 0 saturated carbocycles. The molecule has 1 fully saturated rings. The summed E-state index contributed by atoms with van der Waals surface area (Å²) in [6, 6.07) is 4.66. The molecule has 1 aromatic carbocycles. The molecule has 1 aliphatic heterocycles. The Bertz CT molecular complexity index is 616. The van der Waals surface area contributed by atoms with Gasteiger partial charge >= 0.3 is 0 Å². The monoisotopic (exact) mass is 318 g/mol. The van der Waals surface area contributed by atoms with Crippen LogP contribution in [0.15, 0.2) is 23.1 Å². The summed E-state index contributed by atoms with van der Waals surface area (Å²) in [5.41, 5.74) is 7.01. The lowest BCUT2D eigenvalue weighted by atomic mass is 10.1. The van der Waals surface area contributed by atoms with Gasteiger partial charge in [0.25, 0.3) is 5.91 Å². The summed E-state index contributed by atoms with van der Waals surface area (Å²) < 4.78 is 23.1. The van der Waals surface area contributed by atoms with Gasteiger partial charge in [-0.2, -0.15) is 0 Å². The van der Waals surface area contributed by atoms with Crippen LogP contribution in [0.4, 0.5) is 0 Å². The highest BCUT2D eigenvalue weighted by molar-refractivity contribution is 7.90. The summed E-state index contributed by atoms with van der Waals surface area (Å²) >= 11 is 0. The number of aryl methyl sites for hydroxylation is 1. The molecule has 1 amide bonds. The van der Waals surface area contributed by atoms with E-state index >= 15 is 0 Å². The molecule has 1 unspecified atom stereocenters. The highest BCUT2D eigenvalue weighted by Gasteiger charge is 2.26. The molecule has 2 rings (SSSR count). The van der Waals surface area contributed by atoms with E-state index in [2.05, 4.69) is 0 Å². The quantitative estimate of drug-likeness (QED) is 0.882. The van der Waals surface area contributed by atoms with Crippen molar-refractivity contribution < 1.29 is 13.2 Å². The second-order valence-corrected chi connectivity index (χ2v) is 7.06. The van der Waals surface area contributed by atoms with Gasteiger partial charge in [-0.15, -0.1) is 12.4 Å². The first kappa shape index (κ1) is 16.9. The molecule has 1 aromatic rings. The van der Waals surface area contributed by atoms with Crippen LogP contribution in [-0.2, 0) is 9.84 Å². The molecule has 0 bridgehead atoms. The minimum atomic E-state index is -3.31. The highest BCUT2D eigenvalue weighted by Crippen LogP contribution is 2.19. The van der Waals surface area contributed by atoms with Gasteiger partial charge in [-0.05, 0) is 31.0 Å². The van der Waals surface area contributed by atoms with Gasteiger partial charge in [0.05, 0.1) is 4.90 Å². The third-order valence-electron chi connectivity index (χ3n) is 3.38. The van der Waals surface area contributed by atoms with Crippen LogP contribution in [0, 0.1) is 6.92 Å². The van der Waals surface area contributed by atoms with Crippen molar-refractivity contribution in [2.24, 2.45) is 5.73 Å². The van der Waals surface area contributed by atoms with E-state index in [4.69, 9.17) is 5.73 Å². The van der Waals surface area contributed by atoms with Crippen LogP contribution in [0.25, 0.3) is 0 Å². The van der Waals surface area contributed by atoms with Crippen molar-refractivity contribution in [2.45, 2.75) is 24.3 Å². The van der Waals surface area contributed by atoms with Crippen LogP contribution in [0.3, 0.4) is 0 Å². The molecule has 20 heavy (non-hydrogen) atoms. The first-order chi connectivity index (χ1) is 8.79. The average Bonchev–Trinajstić information content (AvgIpc) is 2.74. The number of halogens is 1. The lowest BCUT2D eigenvalue weighted by molar-refractivity contribution is 0.0790. The largest absolute Gasteiger partial charge is 0.337 e. The van der Waals surface area contributed by atoms with Crippen LogP contribution in [0.1, 0.15) is 22.3 Å². The zero-order chi connectivity index (χ0) is 14.2. The summed E-state index contributed by atoms with van der Waals surface area (Å²) in [7, 11) is -3.31. The fourth-order valence-electron chi connectivity index (χ4n) is 2.20. The van der Waals surface area contributed by atoms with E-state index in [1.54, 1.807) is 17.9 Å². The first-order valence-electron chi connectivity index (χ1n) is 6.14. The molecule has 0 radical (unpaired) electrons. The van der Waals surface area contributed by atoms with E-state index in [0.29, 0.717) is 18.7 Å². The van der Waals surface area contributed by atoms with Crippen molar-refractivity contribution in [3.8, 4) is 0 Å². The predicted molar refractivity (Wildman–Crippen MR) is 80.0 cm³/mol. The van der Waals surface area contributed by atoms with E-state index < -0.39 is 9.84 Å². The molecule has 1 aliphatic rings. The summed E-state index contributed by atoms with van der Waals surface area (Å²) in [6.45, 7) is 2.96. The number of hydrogen-bond donors (Lipinski definition) is 1. The normalized spacial score (nSPS) is 18.8. The van der Waals surface area contributed by atoms with Crippen LogP contribution < -0.4 is 5.73 Å². The van der Waals surface area contributed by atoms with Crippen LogP contribution in [0.5, 0.6) is 0 Å². The molecule has 2 N–H and O–H groups in total. The number of nitrogens with two attached hydrogens (primary N) is 1. The number of likely N-dealkylation sites (tertiary alicyclic amines) is 1. The van der Waals surface area contributed by atoms with E-state index in [1.165, 1.54) is 12.1 Å². The van der Waals surface area contributed by atoms with E-state index in [0.717, 1.165) is 18.2 Å². The molecule has 0 spiro atoms. The van der Waals surface area contributed by atoms with Crippen molar-refractivity contribution in [2.75, 3.05) is 19.3 Å². The second kappa shape index (κ2) is 6.11. The Morgan fingerprint density at radius 2 is 2.05 bits per heavy atom. The van der Waals surface area contributed by atoms with Crippen LogP contribution >= 0.6 is 12.4 Å². The third-order valence-corrected chi connectivity index (χ3v) is 4.49. The lowest BCUT2D eigenvalue weighted by Crippen LogP contribution is -2.32. The Morgan fingerprint density at radius 3 is 2.55 bits per heavy atom. The Labute approximate surface area is 125 Å². The number of hydrogen-bond acceptors (Lipinski definition) is 4. The maximum atomic E-state index is 12.4. The number of sulfone groups is 1. The van der Waals surface area contributed by atoms with Crippen molar-refractivity contribution in [3.63, 3.8) is 0 Å². The highest BCUT2D eigenvalue weighted by atomic mass is 35.5. The van der Waals surface area contributed by atoms with Crippen LogP contribution in [0.2, 0.25) is 0 Å². The number of amides is 1. The first-order valence-corrected chi connectivity index (χ1v) is 8.04. The smallest absolute Gasteiger partial charge is 0.254 e. The Hall–Kier alpha value is -1.11. The molecular formula is C13H19ClN2O3S. The SMILES string of the molecule is Cc1ccc(S(C)(=O)=O)cc1C(=O)N1CCC(N)C1.Cl. The third kappa shape index (κ3) is 3.50. The molecule has 1 heterocycles. The summed E-state index contributed by atoms with van der Waals surface area (Å²) in [4.78, 5) is 14.2. The number of carbonyl (C=O) groups excluding carboxylic acids is 1. The van der Waals surface area contributed by atoms with Crippen molar-refractivity contribution in [1.29, 1.82) is 0 Å². The fraction of sp³-hybridized carbons (Fsp3) is 0.462. The van der Waals surface area contributed by atoms with Crippen molar-refractivity contribution >= 4 is 28.2 Å². The average molecular weight is 319 g/mol. The molecular weight excluding hydrogens is 300 g/mol. The maximum Gasteiger partial charge on any atom is 0.254 e. The number of nitrogens with zero attached hydrogens (tertiary/aromatic N) is 1. The summed E-state index contributed by atoms with van der Waals surface area (Å²) in [5, 5.41) is 0. The lowest BCUT2D eigenvalue weighted by Gasteiger charge is -2.17. The molecule has 0 aromatic heterocycles. The van der Waals surface area contributed by atoms with Crippen molar-refractivity contribution in [3.05, 3.63) is 29.3 Å². The Kier molecular flexibility index (Phi) is 5.18. The van der Waals surface area contributed by atoms with Gasteiger partial charge in [0.1, 0.15) is 0 Å². The number of rotatable bonds is 2. The van der Waals surface area contributed by atoms with E-state index in [1.807, 2.05) is 0 Å². The minimum absolute atomic E-state index is 0. The summed E-state index contributed by atoms with van der Waals surface area (Å²) in [5.74, 6) is -0.143. The van der Waals surface area contributed by atoms with Gasteiger partial charge in [0.15, 0.2) is 9.84 Å². The van der Waals surface area contributed by atoms with Crippen LogP contribution in [-0.4, -0.2) is 44.6 Å². The summed E-state index contributed by atoms with van der Waals surface area (Å²) in [6.07, 6.45) is 1.92. The molecule has 7 heteroatoms. The van der Waals surface area contributed by atoms with Gasteiger partial charge < -0.3 is 10.6 Å². The van der Waals surface area contributed by atoms with E-state index in [-0.39, 0.29) is 29.3 Å². The fourth-order valence-corrected chi connectivity index (χ4v) is 2.85. The van der Waals surface area contributed by atoms with E-state index in [9.17, 15) is 13.2 Å². The number of carbonyl (C=O) groups is 1. The van der Waals surface area contributed by atoms with Gasteiger partial charge in [0.2, 0.25) is 0 Å². The number of benzene rings is 1.